The lowest BCUT2D eigenvalue weighted by Gasteiger charge is -2.06. The van der Waals surface area contributed by atoms with E-state index in [1.54, 1.807) is 31.2 Å². The first kappa shape index (κ1) is 12.0. The molecule has 0 spiro atoms. The Bertz CT molecular complexity index is 391. The SMILES string of the molecule is CCOC(=O)CNc1cccc(C(N)=O)c1. The standard InChI is InChI=1S/C11H14N2O3/c1-2-16-10(14)7-13-9-5-3-4-8(6-9)11(12)15/h3-6,13H,2,7H2,1H3,(H2,12,15). The van der Waals surface area contributed by atoms with Gasteiger partial charge in [0.25, 0.3) is 0 Å². The first-order valence-corrected chi connectivity index (χ1v) is 4.93. The van der Waals surface area contributed by atoms with E-state index in [1.807, 2.05) is 0 Å². The molecule has 0 saturated heterocycles. The Balaban J connectivity index is 2.57. The third-order valence-corrected chi connectivity index (χ3v) is 1.89. The highest BCUT2D eigenvalue weighted by Gasteiger charge is 2.03. The molecule has 1 aromatic rings. The Morgan fingerprint density at radius 3 is 2.81 bits per heavy atom. The normalized spacial score (nSPS) is 9.56. The van der Waals surface area contributed by atoms with E-state index >= 15 is 0 Å². The number of anilines is 1. The molecule has 0 heterocycles. The fourth-order valence-corrected chi connectivity index (χ4v) is 1.17. The summed E-state index contributed by atoms with van der Waals surface area (Å²) in [4.78, 5) is 22.0. The molecule has 3 N–H and O–H groups in total. The van der Waals surface area contributed by atoms with Crippen molar-refractivity contribution in [1.82, 2.24) is 0 Å². The summed E-state index contributed by atoms with van der Waals surface area (Å²) in [6, 6.07) is 6.62. The van der Waals surface area contributed by atoms with Gasteiger partial charge >= 0.3 is 5.97 Å². The van der Waals surface area contributed by atoms with E-state index in [0.717, 1.165) is 0 Å². The topological polar surface area (TPSA) is 81.4 Å². The number of amides is 1. The third-order valence-electron chi connectivity index (χ3n) is 1.89. The number of rotatable bonds is 5. The molecular formula is C11H14N2O3. The number of nitrogens with one attached hydrogen (secondary N) is 1. The zero-order valence-corrected chi connectivity index (χ0v) is 9.03. The molecule has 0 aliphatic rings. The van der Waals surface area contributed by atoms with Crippen LogP contribution in [0.3, 0.4) is 0 Å². The maximum atomic E-state index is 11.1. The van der Waals surface area contributed by atoms with Crippen LogP contribution < -0.4 is 11.1 Å². The van der Waals surface area contributed by atoms with Crippen LogP contribution in [-0.2, 0) is 9.53 Å². The van der Waals surface area contributed by atoms with Crippen LogP contribution in [-0.4, -0.2) is 25.0 Å². The van der Waals surface area contributed by atoms with Gasteiger partial charge in [-0.3, -0.25) is 9.59 Å². The molecule has 0 aliphatic heterocycles. The number of hydrogen-bond acceptors (Lipinski definition) is 4. The largest absolute Gasteiger partial charge is 0.465 e. The van der Waals surface area contributed by atoms with Crippen molar-refractivity contribution >= 4 is 17.6 Å². The van der Waals surface area contributed by atoms with Gasteiger partial charge in [0, 0.05) is 11.3 Å². The molecule has 0 unspecified atom stereocenters. The van der Waals surface area contributed by atoms with Crippen LogP contribution in [0.25, 0.3) is 0 Å². The summed E-state index contributed by atoms with van der Waals surface area (Å²) in [5.41, 5.74) is 6.18. The Morgan fingerprint density at radius 1 is 1.44 bits per heavy atom. The van der Waals surface area contributed by atoms with Gasteiger partial charge in [-0.15, -0.1) is 0 Å². The van der Waals surface area contributed by atoms with Gasteiger partial charge in [0.2, 0.25) is 5.91 Å². The Labute approximate surface area is 93.6 Å². The lowest BCUT2D eigenvalue weighted by atomic mass is 10.2. The van der Waals surface area contributed by atoms with Crippen molar-refractivity contribution in [2.75, 3.05) is 18.5 Å². The van der Waals surface area contributed by atoms with Crippen molar-refractivity contribution in [1.29, 1.82) is 0 Å². The Kier molecular flexibility index (Phi) is 4.32. The summed E-state index contributed by atoms with van der Waals surface area (Å²) >= 11 is 0. The van der Waals surface area contributed by atoms with Crippen molar-refractivity contribution in [3.05, 3.63) is 29.8 Å². The van der Waals surface area contributed by atoms with Gasteiger partial charge in [-0.1, -0.05) is 6.07 Å². The first-order valence-electron chi connectivity index (χ1n) is 4.93. The molecular weight excluding hydrogens is 208 g/mol. The van der Waals surface area contributed by atoms with Crippen LogP contribution in [0.15, 0.2) is 24.3 Å². The Hall–Kier alpha value is -2.04. The number of nitrogens with two attached hydrogens (primary N) is 1. The molecule has 16 heavy (non-hydrogen) atoms. The smallest absolute Gasteiger partial charge is 0.325 e. The minimum Gasteiger partial charge on any atom is -0.465 e. The van der Waals surface area contributed by atoms with E-state index in [0.29, 0.717) is 17.9 Å². The summed E-state index contributed by atoms with van der Waals surface area (Å²) in [6.07, 6.45) is 0. The highest BCUT2D eigenvalue weighted by atomic mass is 16.5. The summed E-state index contributed by atoms with van der Waals surface area (Å²) in [5, 5.41) is 2.84. The molecule has 86 valence electrons. The third kappa shape index (κ3) is 3.61. The van der Waals surface area contributed by atoms with Crippen LogP contribution in [0, 0.1) is 0 Å². The summed E-state index contributed by atoms with van der Waals surface area (Å²) in [6.45, 7) is 2.16. The molecule has 0 aliphatic carbocycles. The van der Waals surface area contributed by atoms with Gasteiger partial charge in [-0.2, -0.15) is 0 Å². The average Bonchev–Trinajstić information content (AvgIpc) is 2.27. The second kappa shape index (κ2) is 5.75. The number of carbonyl (C=O) groups is 2. The van der Waals surface area contributed by atoms with Crippen molar-refractivity contribution in [2.24, 2.45) is 5.73 Å². The number of benzene rings is 1. The number of carbonyl (C=O) groups excluding carboxylic acids is 2. The van der Waals surface area contributed by atoms with Gasteiger partial charge in [-0.25, -0.2) is 0 Å². The molecule has 1 rings (SSSR count). The minimum atomic E-state index is -0.500. The van der Waals surface area contributed by atoms with E-state index in [2.05, 4.69) is 5.32 Å². The highest BCUT2D eigenvalue weighted by Crippen LogP contribution is 2.09. The number of ether oxygens (including phenoxy) is 1. The highest BCUT2D eigenvalue weighted by molar-refractivity contribution is 5.93. The second-order valence-corrected chi connectivity index (χ2v) is 3.10. The molecule has 0 aromatic heterocycles. The molecule has 0 fully saturated rings. The zero-order valence-electron chi connectivity index (χ0n) is 9.03. The monoisotopic (exact) mass is 222 g/mol. The van der Waals surface area contributed by atoms with E-state index in [4.69, 9.17) is 10.5 Å². The molecule has 0 atom stereocenters. The van der Waals surface area contributed by atoms with E-state index in [9.17, 15) is 9.59 Å². The number of hydrogen-bond donors (Lipinski definition) is 2. The summed E-state index contributed by atoms with van der Waals surface area (Å²) < 4.78 is 4.75. The average molecular weight is 222 g/mol. The van der Waals surface area contributed by atoms with Crippen molar-refractivity contribution in [3.63, 3.8) is 0 Å². The van der Waals surface area contributed by atoms with Crippen LogP contribution in [0.4, 0.5) is 5.69 Å². The van der Waals surface area contributed by atoms with E-state index < -0.39 is 5.91 Å². The predicted molar refractivity (Wildman–Crippen MR) is 60.1 cm³/mol. The number of primary amides is 1. The molecule has 5 nitrogen and oxygen atoms in total. The second-order valence-electron chi connectivity index (χ2n) is 3.10. The van der Waals surface area contributed by atoms with Crippen LogP contribution in [0.2, 0.25) is 0 Å². The molecule has 5 heteroatoms. The number of esters is 1. The molecule has 0 bridgehead atoms. The minimum absolute atomic E-state index is 0.0655. The predicted octanol–water partition coefficient (Wildman–Crippen LogP) is 0.760. The van der Waals surface area contributed by atoms with E-state index in [-0.39, 0.29) is 12.5 Å². The Morgan fingerprint density at radius 2 is 2.19 bits per heavy atom. The lowest BCUT2D eigenvalue weighted by Crippen LogP contribution is -2.17. The maximum absolute atomic E-state index is 11.1. The van der Waals surface area contributed by atoms with Gasteiger partial charge < -0.3 is 15.8 Å². The van der Waals surface area contributed by atoms with Gasteiger partial charge in [0.15, 0.2) is 0 Å². The molecule has 1 amide bonds. The molecule has 1 aromatic carbocycles. The van der Waals surface area contributed by atoms with Gasteiger partial charge in [0.1, 0.15) is 6.54 Å². The van der Waals surface area contributed by atoms with Crippen LogP contribution >= 0.6 is 0 Å². The van der Waals surface area contributed by atoms with Gasteiger partial charge in [0.05, 0.1) is 6.61 Å². The fourth-order valence-electron chi connectivity index (χ4n) is 1.17. The summed E-state index contributed by atoms with van der Waals surface area (Å²) in [7, 11) is 0. The fraction of sp³-hybridized carbons (Fsp3) is 0.273. The van der Waals surface area contributed by atoms with Crippen LogP contribution in [0.1, 0.15) is 17.3 Å². The summed E-state index contributed by atoms with van der Waals surface area (Å²) in [5.74, 6) is -0.841. The first-order chi connectivity index (χ1) is 7.63. The van der Waals surface area contributed by atoms with Crippen molar-refractivity contribution < 1.29 is 14.3 Å². The zero-order chi connectivity index (χ0) is 12.0. The van der Waals surface area contributed by atoms with Crippen LogP contribution in [0.5, 0.6) is 0 Å². The molecule has 0 saturated carbocycles. The maximum Gasteiger partial charge on any atom is 0.325 e. The van der Waals surface area contributed by atoms with Gasteiger partial charge in [-0.05, 0) is 25.1 Å². The van der Waals surface area contributed by atoms with E-state index in [1.165, 1.54) is 0 Å². The quantitative estimate of drug-likeness (QED) is 0.721. The van der Waals surface area contributed by atoms with Crippen molar-refractivity contribution in [3.8, 4) is 0 Å². The van der Waals surface area contributed by atoms with Crippen molar-refractivity contribution in [2.45, 2.75) is 6.92 Å². The molecule has 0 radical (unpaired) electrons. The lowest BCUT2D eigenvalue weighted by molar-refractivity contribution is -0.140.